The average Bonchev–Trinajstić information content (AvgIpc) is 2.06. The van der Waals surface area contributed by atoms with Crippen LogP contribution in [0.4, 0.5) is 5.69 Å². The monoisotopic (exact) mass is 145 g/mol. The van der Waals surface area contributed by atoms with Gasteiger partial charge in [-0.1, -0.05) is 12.1 Å². The summed E-state index contributed by atoms with van der Waals surface area (Å²) in [5.41, 5.74) is 1.73. The molecule has 54 valence electrons. The second-order valence-electron chi connectivity index (χ2n) is 2.39. The van der Waals surface area contributed by atoms with Crippen LogP contribution in [-0.4, -0.2) is 0 Å². The van der Waals surface area contributed by atoms with Gasteiger partial charge < -0.3 is 10.3 Å². The van der Waals surface area contributed by atoms with E-state index in [1.165, 1.54) is 0 Å². The van der Waals surface area contributed by atoms with Crippen LogP contribution in [0.1, 0.15) is 5.56 Å². The first-order valence-electron chi connectivity index (χ1n) is 3.44. The molecule has 2 heteroatoms. The molecule has 1 aromatic carbocycles. The van der Waals surface area contributed by atoms with Crippen LogP contribution in [0.3, 0.4) is 0 Å². The lowest BCUT2D eigenvalue weighted by Crippen LogP contribution is -2.99. The maximum atomic E-state index is 11.1. The van der Waals surface area contributed by atoms with Crippen LogP contribution in [0.5, 0.6) is 0 Å². The van der Waals surface area contributed by atoms with Crippen LogP contribution in [0.15, 0.2) is 30.3 Å². The first kappa shape index (κ1) is 6.58. The molecule has 1 aliphatic rings. The van der Waals surface area contributed by atoms with Crippen molar-refractivity contribution in [1.82, 2.24) is 0 Å². The van der Waals surface area contributed by atoms with E-state index in [1.54, 1.807) is 6.08 Å². The molecule has 0 bridgehead atoms. The molecule has 0 spiro atoms. The number of quaternary nitrogens is 1. The summed E-state index contributed by atoms with van der Waals surface area (Å²) in [6.45, 7) is 2.62. The minimum absolute atomic E-state index is 0.0249. The van der Waals surface area contributed by atoms with Crippen LogP contribution >= 0.6 is 0 Å². The third-order valence-electron chi connectivity index (χ3n) is 1.68. The predicted octanol–water partition coefficient (Wildman–Crippen LogP) is 0.766. The van der Waals surface area contributed by atoms with E-state index in [0.717, 1.165) is 11.3 Å². The van der Waals surface area contributed by atoms with E-state index in [1.807, 2.05) is 30.3 Å². The molecule has 2 rings (SSSR count). The number of nitrogens with one attached hydrogen (secondary N) is 1. The molecule has 1 unspecified atom stereocenters. The van der Waals surface area contributed by atoms with Gasteiger partial charge in [0.1, 0.15) is 5.69 Å². The van der Waals surface area contributed by atoms with Gasteiger partial charge in [0.05, 0.1) is 0 Å². The predicted molar refractivity (Wildman–Crippen MR) is 42.7 cm³/mol. The van der Waals surface area contributed by atoms with Gasteiger partial charge in [0, 0.05) is 11.6 Å². The van der Waals surface area contributed by atoms with Crippen molar-refractivity contribution in [3.8, 4) is 0 Å². The Morgan fingerprint density at radius 2 is 2.09 bits per heavy atom. The van der Waals surface area contributed by atoms with E-state index in [4.69, 9.17) is 0 Å². The molecule has 0 aliphatic carbocycles. The topological polar surface area (TPSA) is 27.5 Å². The van der Waals surface area contributed by atoms with E-state index < -0.39 is 0 Å². The molecule has 1 aromatic rings. The van der Waals surface area contributed by atoms with E-state index >= 15 is 0 Å². The number of benzene rings is 1. The number of fused-ring (bicyclic) bond motifs is 1. The minimum Gasteiger partial charge on any atom is -0.628 e. The Kier molecular flexibility index (Phi) is 1.49. The fourth-order valence-corrected chi connectivity index (χ4v) is 1.13. The minimum atomic E-state index is -0.0249. The Morgan fingerprint density at radius 3 is 2.91 bits per heavy atom. The molecule has 1 aliphatic heterocycles. The summed E-state index contributed by atoms with van der Waals surface area (Å²) in [5, 5.41) is 11.1. The van der Waals surface area contributed by atoms with E-state index in [2.05, 4.69) is 6.54 Å². The molecule has 0 saturated heterocycles. The van der Waals surface area contributed by atoms with Crippen molar-refractivity contribution in [2.75, 3.05) is 0 Å². The van der Waals surface area contributed by atoms with Gasteiger partial charge in [-0.3, -0.25) is 0 Å². The molecule has 2 radical (unpaired) electrons. The Hall–Kier alpha value is -1.12. The van der Waals surface area contributed by atoms with E-state index in [0.29, 0.717) is 0 Å². The molecular formula is C9H7NO. The third-order valence-corrected chi connectivity index (χ3v) is 1.68. The second kappa shape index (κ2) is 2.49. The number of hydrogen-bond acceptors (Lipinski definition) is 1. The molecule has 0 fully saturated rings. The maximum absolute atomic E-state index is 11.1. The lowest BCUT2D eigenvalue weighted by atomic mass is 10.1. The summed E-state index contributed by atoms with van der Waals surface area (Å²) in [4.78, 5) is 0. The normalized spacial score (nSPS) is 21.4. The van der Waals surface area contributed by atoms with Crippen molar-refractivity contribution in [1.29, 1.82) is 0 Å². The van der Waals surface area contributed by atoms with Crippen LogP contribution < -0.4 is 5.06 Å². The van der Waals surface area contributed by atoms with Gasteiger partial charge in [0.2, 0.25) is 0 Å². The van der Waals surface area contributed by atoms with Gasteiger partial charge in [-0.2, -0.15) is 0 Å². The molecule has 1 N–H and O–H groups in total. The third kappa shape index (κ3) is 1.06. The molecule has 11 heavy (non-hydrogen) atoms. The van der Waals surface area contributed by atoms with Crippen molar-refractivity contribution in [3.63, 3.8) is 0 Å². The highest BCUT2D eigenvalue weighted by molar-refractivity contribution is 5.62. The Labute approximate surface area is 65.3 Å². The highest BCUT2D eigenvalue weighted by Gasteiger charge is 2.11. The molecule has 1 heterocycles. The van der Waals surface area contributed by atoms with Crippen LogP contribution in [-0.2, 0) is 0 Å². The fourth-order valence-electron chi connectivity index (χ4n) is 1.13. The van der Waals surface area contributed by atoms with E-state index in [9.17, 15) is 5.21 Å². The SMILES string of the molecule is [O-][NH+]1[C]C=Cc2ccccc21. The zero-order chi connectivity index (χ0) is 7.68. The smallest absolute Gasteiger partial charge is 0.254 e. The molecule has 0 amide bonds. The summed E-state index contributed by atoms with van der Waals surface area (Å²) >= 11 is 0. The summed E-state index contributed by atoms with van der Waals surface area (Å²) in [5.74, 6) is 0. The molecule has 2 nitrogen and oxygen atoms in total. The summed E-state index contributed by atoms with van der Waals surface area (Å²) < 4.78 is 0. The highest BCUT2D eigenvalue weighted by Crippen LogP contribution is 2.14. The molecule has 0 saturated carbocycles. The van der Waals surface area contributed by atoms with Gasteiger partial charge in [-0.05, 0) is 18.2 Å². The largest absolute Gasteiger partial charge is 0.628 e. The van der Waals surface area contributed by atoms with Crippen molar-refractivity contribution in [2.45, 2.75) is 0 Å². The Balaban J connectivity index is 2.54. The summed E-state index contributed by atoms with van der Waals surface area (Å²) in [7, 11) is 0. The lowest BCUT2D eigenvalue weighted by Gasteiger charge is -2.22. The zero-order valence-corrected chi connectivity index (χ0v) is 5.87. The van der Waals surface area contributed by atoms with Crippen molar-refractivity contribution in [2.24, 2.45) is 0 Å². The van der Waals surface area contributed by atoms with E-state index in [-0.39, 0.29) is 5.06 Å². The number of para-hydroxylation sites is 1. The standard InChI is InChI=1S/C9H7NO/c11-10-7-3-5-8-4-1-2-6-9(8)10/h1-6,10H. The zero-order valence-electron chi connectivity index (χ0n) is 5.87. The Bertz CT molecular complexity index is 293. The van der Waals surface area contributed by atoms with Gasteiger partial charge >= 0.3 is 0 Å². The number of hydrogen-bond donors (Lipinski definition) is 1. The van der Waals surface area contributed by atoms with Crippen molar-refractivity contribution >= 4 is 11.8 Å². The molecular weight excluding hydrogens is 138 g/mol. The Morgan fingerprint density at radius 1 is 1.27 bits per heavy atom. The average molecular weight is 145 g/mol. The van der Waals surface area contributed by atoms with Gasteiger partial charge in [0.25, 0.3) is 6.54 Å². The molecule has 1 atom stereocenters. The summed E-state index contributed by atoms with van der Waals surface area (Å²) in [6, 6.07) is 7.51. The number of rotatable bonds is 0. The maximum Gasteiger partial charge on any atom is 0.254 e. The highest BCUT2D eigenvalue weighted by atomic mass is 16.5. The van der Waals surface area contributed by atoms with Crippen molar-refractivity contribution < 1.29 is 5.06 Å². The lowest BCUT2D eigenvalue weighted by molar-refractivity contribution is -0.736. The van der Waals surface area contributed by atoms with Gasteiger partial charge in [-0.15, -0.1) is 0 Å². The first-order chi connectivity index (χ1) is 5.38. The first-order valence-corrected chi connectivity index (χ1v) is 3.44. The fraction of sp³-hybridized carbons (Fsp3) is 0. The van der Waals surface area contributed by atoms with Crippen LogP contribution in [0.2, 0.25) is 0 Å². The second-order valence-corrected chi connectivity index (χ2v) is 2.39. The van der Waals surface area contributed by atoms with Crippen LogP contribution in [0.25, 0.3) is 6.08 Å². The quantitative estimate of drug-likeness (QED) is 0.536. The number of hydroxylamine groups is 1. The summed E-state index contributed by atoms with van der Waals surface area (Å²) in [6.07, 6.45) is 3.54. The van der Waals surface area contributed by atoms with Gasteiger partial charge in [0.15, 0.2) is 0 Å². The van der Waals surface area contributed by atoms with Gasteiger partial charge in [-0.25, -0.2) is 0 Å². The van der Waals surface area contributed by atoms with Crippen molar-refractivity contribution in [3.05, 3.63) is 47.7 Å². The molecule has 0 aromatic heterocycles. The van der Waals surface area contributed by atoms with Crippen LogP contribution in [0, 0.1) is 11.8 Å².